The van der Waals surface area contributed by atoms with Gasteiger partial charge in [0, 0.05) is 11.1 Å². The number of benzene rings is 1. The summed E-state index contributed by atoms with van der Waals surface area (Å²) < 4.78 is 0. The van der Waals surface area contributed by atoms with E-state index in [1.54, 1.807) is 0 Å². The first-order chi connectivity index (χ1) is 7.15. The smallest absolute Gasteiger partial charge is 0.307 e. The average molecular weight is 201 g/mol. The second-order valence-electron chi connectivity index (χ2n) is 3.55. The van der Waals surface area contributed by atoms with Crippen LogP contribution in [0.3, 0.4) is 0 Å². The van der Waals surface area contributed by atoms with E-state index in [9.17, 15) is 4.79 Å². The summed E-state index contributed by atoms with van der Waals surface area (Å²) in [6.45, 7) is 1.92. The molecule has 0 aliphatic rings. The fourth-order valence-electron chi connectivity index (χ4n) is 1.55. The summed E-state index contributed by atoms with van der Waals surface area (Å²) in [6.07, 6.45) is 0.0472. The third kappa shape index (κ3) is 2.13. The van der Waals surface area contributed by atoms with E-state index in [1.165, 1.54) is 0 Å². The number of aryl methyl sites for hydroxylation is 1. The standard InChI is InChI=1S/C12H11NO2/c1-8-2-4-10-5-3-9(7-12(14)15)6-11(10)13-8/h2-6H,7H2,1H3,(H,14,15). The van der Waals surface area contributed by atoms with Gasteiger partial charge in [-0.15, -0.1) is 0 Å². The molecule has 76 valence electrons. The number of fused-ring (bicyclic) bond motifs is 1. The molecule has 3 heteroatoms. The van der Waals surface area contributed by atoms with Crippen molar-refractivity contribution in [2.75, 3.05) is 0 Å². The molecule has 0 saturated heterocycles. The van der Waals surface area contributed by atoms with Crippen LogP contribution in [0.1, 0.15) is 11.3 Å². The predicted molar refractivity (Wildman–Crippen MR) is 57.8 cm³/mol. The van der Waals surface area contributed by atoms with Crippen LogP contribution in [0.5, 0.6) is 0 Å². The van der Waals surface area contributed by atoms with Gasteiger partial charge in [-0.25, -0.2) is 0 Å². The number of aromatic nitrogens is 1. The van der Waals surface area contributed by atoms with E-state index in [0.717, 1.165) is 22.2 Å². The number of carbonyl (C=O) groups is 1. The number of carboxylic acid groups (broad SMARTS) is 1. The maximum Gasteiger partial charge on any atom is 0.307 e. The van der Waals surface area contributed by atoms with E-state index in [2.05, 4.69) is 4.98 Å². The van der Waals surface area contributed by atoms with Crippen LogP contribution < -0.4 is 0 Å². The van der Waals surface area contributed by atoms with Crippen LogP contribution in [0.4, 0.5) is 0 Å². The fraction of sp³-hybridized carbons (Fsp3) is 0.167. The van der Waals surface area contributed by atoms with Crippen molar-refractivity contribution in [3.63, 3.8) is 0 Å². The number of aliphatic carboxylic acids is 1. The van der Waals surface area contributed by atoms with Crippen LogP contribution in [-0.4, -0.2) is 16.1 Å². The van der Waals surface area contributed by atoms with E-state index in [0.29, 0.717) is 0 Å². The van der Waals surface area contributed by atoms with Gasteiger partial charge < -0.3 is 5.11 Å². The normalized spacial score (nSPS) is 10.5. The maximum atomic E-state index is 10.6. The summed E-state index contributed by atoms with van der Waals surface area (Å²) in [4.78, 5) is 14.9. The summed E-state index contributed by atoms with van der Waals surface area (Å²) in [6, 6.07) is 9.49. The lowest BCUT2D eigenvalue weighted by Gasteiger charge is -2.01. The van der Waals surface area contributed by atoms with Crippen molar-refractivity contribution in [3.8, 4) is 0 Å². The van der Waals surface area contributed by atoms with Gasteiger partial charge in [0.15, 0.2) is 0 Å². The van der Waals surface area contributed by atoms with Gasteiger partial charge in [-0.05, 0) is 24.6 Å². The Hall–Kier alpha value is -1.90. The highest BCUT2D eigenvalue weighted by Gasteiger charge is 2.02. The molecule has 0 unspecified atom stereocenters. The maximum absolute atomic E-state index is 10.6. The van der Waals surface area contributed by atoms with Gasteiger partial charge in [-0.3, -0.25) is 9.78 Å². The Bertz CT molecular complexity index is 520. The molecule has 0 atom stereocenters. The minimum absolute atomic E-state index is 0.0472. The summed E-state index contributed by atoms with van der Waals surface area (Å²) in [5, 5.41) is 9.71. The second-order valence-corrected chi connectivity index (χ2v) is 3.55. The van der Waals surface area contributed by atoms with Crippen molar-refractivity contribution in [2.45, 2.75) is 13.3 Å². The average Bonchev–Trinajstić information content (AvgIpc) is 2.16. The Kier molecular flexibility index (Phi) is 2.37. The molecule has 1 aromatic carbocycles. The Morgan fingerprint density at radius 2 is 2.07 bits per heavy atom. The van der Waals surface area contributed by atoms with Crippen LogP contribution in [0.2, 0.25) is 0 Å². The molecule has 15 heavy (non-hydrogen) atoms. The third-order valence-electron chi connectivity index (χ3n) is 2.25. The molecule has 0 fully saturated rings. The van der Waals surface area contributed by atoms with Crippen LogP contribution in [-0.2, 0) is 11.2 Å². The van der Waals surface area contributed by atoms with Crippen LogP contribution in [0.15, 0.2) is 30.3 Å². The van der Waals surface area contributed by atoms with Gasteiger partial charge in [0.25, 0.3) is 0 Å². The number of hydrogen-bond acceptors (Lipinski definition) is 2. The highest BCUT2D eigenvalue weighted by Crippen LogP contribution is 2.14. The van der Waals surface area contributed by atoms with Crippen molar-refractivity contribution in [2.24, 2.45) is 0 Å². The molecular weight excluding hydrogens is 190 g/mol. The molecule has 0 spiro atoms. The first kappa shape index (κ1) is 9.65. The van der Waals surface area contributed by atoms with E-state index in [4.69, 9.17) is 5.11 Å². The Morgan fingerprint density at radius 1 is 1.33 bits per heavy atom. The minimum Gasteiger partial charge on any atom is -0.481 e. The van der Waals surface area contributed by atoms with Gasteiger partial charge in [-0.2, -0.15) is 0 Å². The summed E-state index contributed by atoms with van der Waals surface area (Å²) >= 11 is 0. The number of rotatable bonds is 2. The van der Waals surface area contributed by atoms with Gasteiger partial charge in [0.1, 0.15) is 0 Å². The third-order valence-corrected chi connectivity index (χ3v) is 2.25. The molecule has 0 bridgehead atoms. The molecule has 2 rings (SSSR count). The molecular formula is C12H11NO2. The lowest BCUT2D eigenvalue weighted by Crippen LogP contribution is -1.99. The number of pyridine rings is 1. The first-order valence-electron chi connectivity index (χ1n) is 4.73. The Labute approximate surface area is 87.4 Å². The van der Waals surface area contributed by atoms with E-state index < -0.39 is 5.97 Å². The van der Waals surface area contributed by atoms with Crippen LogP contribution >= 0.6 is 0 Å². The van der Waals surface area contributed by atoms with Gasteiger partial charge >= 0.3 is 5.97 Å². The molecule has 0 radical (unpaired) electrons. The highest BCUT2D eigenvalue weighted by atomic mass is 16.4. The minimum atomic E-state index is -0.818. The topological polar surface area (TPSA) is 50.2 Å². The molecule has 1 N–H and O–H groups in total. The van der Waals surface area contributed by atoms with Gasteiger partial charge in [0.2, 0.25) is 0 Å². The van der Waals surface area contributed by atoms with E-state index >= 15 is 0 Å². The zero-order valence-corrected chi connectivity index (χ0v) is 8.40. The van der Waals surface area contributed by atoms with Crippen LogP contribution in [0.25, 0.3) is 10.9 Å². The SMILES string of the molecule is Cc1ccc2ccc(CC(=O)O)cc2n1. The number of nitrogens with zero attached hydrogens (tertiary/aromatic N) is 1. The van der Waals surface area contributed by atoms with Gasteiger partial charge in [0.05, 0.1) is 11.9 Å². The number of carboxylic acids is 1. The van der Waals surface area contributed by atoms with Crippen LogP contribution in [0, 0.1) is 6.92 Å². The summed E-state index contributed by atoms with van der Waals surface area (Å²) in [5.74, 6) is -0.818. The molecule has 1 heterocycles. The highest BCUT2D eigenvalue weighted by molar-refractivity contribution is 5.81. The van der Waals surface area contributed by atoms with E-state index in [-0.39, 0.29) is 6.42 Å². The second kappa shape index (κ2) is 3.69. The lowest BCUT2D eigenvalue weighted by molar-refractivity contribution is -0.136. The van der Waals surface area contributed by atoms with Crippen molar-refractivity contribution >= 4 is 16.9 Å². The molecule has 0 amide bonds. The summed E-state index contributed by atoms with van der Waals surface area (Å²) in [5.41, 5.74) is 2.58. The molecule has 3 nitrogen and oxygen atoms in total. The van der Waals surface area contributed by atoms with Gasteiger partial charge in [-0.1, -0.05) is 18.2 Å². The molecule has 0 aliphatic carbocycles. The lowest BCUT2D eigenvalue weighted by atomic mass is 10.1. The van der Waals surface area contributed by atoms with Crippen molar-refractivity contribution < 1.29 is 9.90 Å². The molecule has 0 aliphatic heterocycles. The summed E-state index contributed by atoms with van der Waals surface area (Å²) in [7, 11) is 0. The quantitative estimate of drug-likeness (QED) is 0.810. The van der Waals surface area contributed by atoms with Crippen molar-refractivity contribution in [3.05, 3.63) is 41.6 Å². The molecule has 2 aromatic rings. The fourth-order valence-corrected chi connectivity index (χ4v) is 1.55. The zero-order valence-electron chi connectivity index (χ0n) is 8.40. The van der Waals surface area contributed by atoms with E-state index in [1.807, 2.05) is 37.3 Å². The number of hydrogen-bond donors (Lipinski definition) is 1. The largest absolute Gasteiger partial charge is 0.481 e. The van der Waals surface area contributed by atoms with Crippen molar-refractivity contribution in [1.82, 2.24) is 4.98 Å². The molecule has 1 aromatic heterocycles. The Morgan fingerprint density at radius 3 is 2.80 bits per heavy atom. The molecule has 0 saturated carbocycles. The Balaban J connectivity index is 2.49. The predicted octanol–water partition coefficient (Wildman–Crippen LogP) is 2.17. The zero-order chi connectivity index (χ0) is 10.8. The monoisotopic (exact) mass is 201 g/mol. The first-order valence-corrected chi connectivity index (χ1v) is 4.73. The van der Waals surface area contributed by atoms with Crippen molar-refractivity contribution in [1.29, 1.82) is 0 Å².